The summed E-state index contributed by atoms with van der Waals surface area (Å²) in [4.78, 5) is 13.1. The highest BCUT2D eigenvalue weighted by Gasteiger charge is 2.68. The molecule has 0 unspecified atom stereocenters. The van der Waals surface area contributed by atoms with Crippen molar-refractivity contribution in [1.82, 2.24) is 0 Å². The molecule has 4 fully saturated rings. The molecule has 2 N–H and O–H groups in total. The molecule has 12 heteroatoms. The molecule has 4 aliphatic rings. The minimum atomic E-state index is -1.77. The number of benzene rings is 2. The van der Waals surface area contributed by atoms with Gasteiger partial charge in [0.2, 0.25) is 0 Å². The van der Waals surface area contributed by atoms with E-state index in [1.54, 1.807) is 13.8 Å². The molecule has 0 radical (unpaired) electrons. The first kappa shape index (κ1) is 33.4. The van der Waals surface area contributed by atoms with E-state index < -0.39 is 78.4 Å². The zero-order chi connectivity index (χ0) is 32.7. The van der Waals surface area contributed by atoms with E-state index in [1.807, 2.05) is 81.4 Å². The largest absolute Gasteiger partial charge is 0.468 e. The molecule has 6 rings (SSSR count). The van der Waals surface area contributed by atoms with Crippen molar-refractivity contribution >= 4 is 5.97 Å². The van der Waals surface area contributed by atoms with E-state index in [1.165, 1.54) is 7.11 Å². The van der Waals surface area contributed by atoms with E-state index >= 15 is 0 Å². The summed E-state index contributed by atoms with van der Waals surface area (Å²) in [6.45, 7) is 9.66. The molecule has 2 aromatic carbocycles. The first-order chi connectivity index (χ1) is 21.9. The molecular formula is C34H45NO11. The molecule has 0 spiro atoms. The van der Waals surface area contributed by atoms with Gasteiger partial charge in [0.1, 0.15) is 24.4 Å². The lowest BCUT2D eigenvalue weighted by Crippen LogP contribution is -2.67. The molecule has 0 amide bonds. The quantitative estimate of drug-likeness (QED) is 0.380. The smallest absolute Gasteiger partial charge is 0.323 e. The molecule has 12 nitrogen and oxygen atoms in total. The molecule has 0 bridgehead atoms. The normalized spacial score (nSPS) is 36.8. The zero-order valence-corrected chi connectivity index (χ0v) is 27.2. The minimum absolute atomic E-state index is 0.108. The fourth-order valence-corrected chi connectivity index (χ4v) is 6.68. The highest BCUT2D eigenvalue weighted by Crippen LogP contribution is 2.50. The number of carbonyl (C=O) groups excluding carboxylic acids is 1. The van der Waals surface area contributed by atoms with Gasteiger partial charge in [-0.05, 0) is 45.7 Å². The first-order valence-electron chi connectivity index (χ1n) is 15.8. The van der Waals surface area contributed by atoms with Crippen LogP contribution in [0.25, 0.3) is 0 Å². The van der Waals surface area contributed by atoms with Crippen molar-refractivity contribution in [3.05, 3.63) is 71.8 Å². The van der Waals surface area contributed by atoms with Crippen LogP contribution in [0.4, 0.5) is 0 Å². The van der Waals surface area contributed by atoms with Gasteiger partial charge in [-0.25, -0.2) is 0 Å². The van der Waals surface area contributed by atoms with Crippen LogP contribution in [0.1, 0.15) is 45.7 Å². The number of methoxy groups -OCH3 is 1. The summed E-state index contributed by atoms with van der Waals surface area (Å²) < 4.78 is 62.7. The summed E-state index contributed by atoms with van der Waals surface area (Å²) in [6, 6.07) is 18.3. The number of ether oxygens (including phenoxy) is 10. The van der Waals surface area contributed by atoms with Crippen molar-refractivity contribution in [3.63, 3.8) is 0 Å². The summed E-state index contributed by atoms with van der Waals surface area (Å²) in [6.07, 6.45) is -4.99. The molecule has 4 saturated heterocycles. The van der Waals surface area contributed by atoms with Gasteiger partial charge in [0.15, 0.2) is 24.0 Å². The van der Waals surface area contributed by atoms with Gasteiger partial charge in [0.05, 0.1) is 45.1 Å². The summed E-state index contributed by atoms with van der Waals surface area (Å²) in [5, 5.41) is 0. The van der Waals surface area contributed by atoms with Gasteiger partial charge in [-0.15, -0.1) is 0 Å². The summed E-state index contributed by atoms with van der Waals surface area (Å²) in [5.41, 5.74) is 8.55. The Labute approximate surface area is 269 Å². The van der Waals surface area contributed by atoms with Crippen LogP contribution in [0.5, 0.6) is 0 Å². The minimum Gasteiger partial charge on any atom is -0.468 e. The molecular weight excluding hydrogens is 598 g/mol. The Bertz CT molecular complexity index is 1330. The zero-order valence-electron chi connectivity index (χ0n) is 27.2. The Balaban J connectivity index is 1.34. The highest BCUT2D eigenvalue weighted by atomic mass is 17.0. The fourth-order valence-electron chi connectivity index (χ4n) is 6.68. The van der Waals surface area contributed by atoms with Gasteiger partial charge in [0.25, 0.3) is 0 Å². The second-order valence-corrected chi connectivity index (χ2v) is 13.1. The number of hydrogen-bond acceptors (Lipinski definition) is 12. The molecule has 0 aromatic heterocycles. The summed E-state index contributed by atoms with van der Waals surface area (Å²) in [7, 11) is 1.28. The molecule has 2 aromatic rings. The van der Waals surface area contributed by atoms with Crippen LogP contribution in [-0.2, 0) is 65.4 Å². The van der Waals surface area contributed by atoms with Crippen molar-refractivity contribution in [3.8, 4) is 0 Å². The highest BCUT2D eigenvalue weighted by molar-refractivity contribution is 5.76. The van der Waals surface area contributed by atoms with Gasteiger partial charge in [-0.3, -0.25) is 14.3 Å². The monoisotopic (exact) mass is 643 g/mol. The maximum absolute atomic E-state index is 13.1. The third kappa shape index (κ3) is 6.88. The number of esters is 1. The molecule has 4 aliphatic heterocycles. The second-order valence-electron chi connectivity index (χ2n) is 13.1. The van der Waals surface area contributed by atoms with Gasteiger partial charge in [-0.1, -0.05) is 60.7 Å². The Morgan fingerprint density at radius 2 is 1.50 bits per heavy atom. The topological polar surface area (TPSA) is 135 Å². The standard InChI is InChI=1S/C34H45NO11/c1-20-26(38-17-21-13-9-7-10-14-21)28(39-18-22-15-11-8-12-16-22)24(25(35)30(36)37-6)31(41-20)45-34-29(44-33(4,5)46-34)27-23(19-40-34)42-32(2,3)43-27/h7-16,20,23-29,31H,17-19,35H2,1-6H3/t20-,23+,24-,25-,26-,27+,28-,29-,31+,34-/m0/s1. The fraction of sp³-hybridized carbons (Fsp3) is 0.618. The third-order valence-corrected chi connectivity index (χ3v) is 8.68. The molecule has 0 saturated carbocycles. The van der Waals surface area contributed by atoms with Gasteiger partial charge >= 0.3 is 11.9 Å². The lowest BCUT2D eigenvalue weighted by Gasteiger charge is -2.49. The van der Waals surface area contributed by atoms with Crippen molar-refractivity contribution in [2.24, 2.45) is 11.7 Å². The number of fused-ring (bicyclic) bond motifs is 3. The van der Waals surface area contributed by atoms with Crippen LogP contribution in [0.2, 0.25) is 0 Å². The van der Waals surface area contributed by atoms with E-state index in [0.717, 1.165) is 11.1 Å². The van der Waals surface area contributed by atoms with Crippen LogP contribution in [0.3, 0.4) is 0 Å². The predicted molar refractivity (Wildman–Crippen MR) is 161 cm³/mol. The third-order valence-electron chi connectivity index (χ3n) is 8.68. The Morgan fingerprint density at radius 3 is 2.11 bits per heavy atom. The Hall–Kier alpha value is -2.49. The summed E-state index contributed by atoms with van der Waals surface area (Å²) >= 11 is 0. The molecule has 4 heterocycles. The maximum atomic E-state index is 13.1. The SMILES string of the molecule is COC(=O)[C@@H](N)[C@@H]1[C@@H](O[C@@]23OC[C@H]4OC(C)(C)O[C@H]4[C@@H]2OC(C)(C)O3)O[C@@H](C)[C@H](OCc2ccccc2)[C@H]1OCc1ccccc1. The number of nitrogens with two attached hydrogens (primary N) is 1. The molecule has 0 aliphatic carbocycles. The second kappa shape index (κ2) is 13.2. The van der Waals surface area contributed by atoms with Crippen LogP contribution >= 0.6 is 0 Å². The van der Waals surface area contributed by atoms with Gasteiger partial charge in [-0.2, -0.15) is 0 Å². The number of carbonyl (C=O) groups is 1. The lowest BCUT2D eigenvalue weighted by molar-refractivity contribution is -0.457. The van der Waals surface area contributed by atoms with Gasteiger partial charge in [0, 0.05) is 0 Å². The van der Waals surface area contributed by atoms with Crippen LogP contribution in [0.15, 0.2) is 60.7 Å². The van der Waals surface area contributed by atoms with Crippen molar-refractivity contribution < 1.29 is 52.2 Å². The first-order valence-corrected chi connectivity index (χ1v) is 15.8. The maximum Gasteiger partial charge on any atom is 0.323 e. The van der Waals surface area contributed by atoms with Crippen molar-refractivity contribution in [1.29, 1.82) is 0 Å². The van der Waals surface area contributed by atoms with Crippen LogP contribution < -0.4 is 5.73 Å². The molecule has 46 heavy (non-hydrogen) atoms. The van der Waals surface area contributed by atoms with Crippen LogP contribution in [0, 0.1) is 5.92 Å². The average molecular weight is 644 g/mol. The summed E-state index contributed by atoms with van der Waals surface area (Å²) in [5.74, 6) is -5.33. The lowest BCUT2D eigenvalue weighted by atomic mass is 9.85. The van der Waals surface area contributed by atoms with Crippen LogP contribution in [-0.4, -0.2) is 86.2 Å². The van der Waals surface area contributed by atoms with Crippen molar-refractivity contribution in [2.75, 3.05) is 13.7 Å². The number of hydrogen-bond donors (Lipinski definition) is 1. The molecule has 252 valence electrons. The van der Waals surface area contributed by atoms with Crippen molar-refractivity contribution in [2.45, 2.75) is 114 Å². The number of rotatable bonds is 10. The molecule has 10 atom stereocenters. The van der Waals surface area contributed by atoms with E-state index in [9.17, 15) is 4.79 Å². The van der Waals surface area contributed by atoms with E-state index in [4.69, 9.17) is 53.1 Å². The Kier molecular flexibility index (Phi) is 9.58. The van der Waals surface area contributed by atoms with E-state index in [2.05, 4.69) is 0 Å². The predicted octanol–water partition coefficient (Wildman–Crippen LogP) is 3.39. The van der Waals surface area contributed by atoms with Gasteiger partial charge < -0.3 is 43.6 Å². The van der Waals surface area contributed by atoms with E-state index in [0.29, 0.717) is 0 Å². The Morgan fingerprint density at radius 1 is 0.891 bits per heavy atom. The average Bonchev–Trinajstić information content (AvgIpc) is 3.50. The van der Waals surface area contributed by atoms with E-state index in [-0.39, 0.29) is 19.8 Å².